The molecule has 0 spiro atoms. The Morgan fingerprint density at radius 3 is 2.53 bits per heavy atom. The van der Waals surface area contributed by atoms with Crippen molar-refractivity contribution in [3.05, 3.63) is 71.3 Å². The minimum absolute atomic E-state index is 0.0206. The Morgan fingerprint density at radius 1 is 1.18 bits per heavy atom. The number of halogens is 1. The summed E-state index contributed by atoms with van der Waals surface area (Å²) in [6.45, 7) is 1.43. The number of phenols is 1. The Bertz CT molecular complexity index is 1400. The first-order valence-electron chi connectivity index (χ1n) is 12.9. The van der Waals surface area contributed by atoms with Crippen LogP contribution >= 0.6 is 0 Å². The van der Waals surface area contributed by atoms with Gasteiger partial charge in [0.2, 0.25) is 0 Å². The van der Waals surface area contributed by atoms with Gasteiger partial charge in [0, 0.05) is 42.9 Å². The summed E-state index contributed by atoms with van der Waals surface area (Å²) in [6.07, 6.45) is 4.65. The average molecular weight is 516 g/mol. The summed E-state index contributed by atoms with van der Waals surface area (Å²) in [5.41, 5.74) is 7.09. The number of nitrogens with zero attached hydrogens (tertiary/aromatic N) is 4. The van der Waals surface area contributed by atoms with E-state index in [2.05, 4.69) is 16.1 Å². The monoisotopic (exact) mass is 515 g/mol. The zero-order valence-electron chi connectivity index (χ0n) is 21.1. The standard InChI is InChI=1S/C29H30FN5O3/c30-24-15-22(19-4-2-1-3-5-19)27(37)14-21(24)17-34-12-9-29(8-11-31,10-13-34)35-18-23(28(32)38)25(33-35)16-26(36)20-6-7-20/h1-5,14-15,18,20,37H,6-10,12-13,16-17H2,(H2,32,38). The normalized spacial score (nSPS) is 17.2. The third-order valence-corrected chi connectivity index (χ3v) is 7.75. The molecule has 1 aromatic heterocycles. The van der Waals surface area contributed by atoms with Crippen molar-refractivity contribution in [1.82, 2.24) is 14.7 Å². The molecule has 38 heavy (non-hydrogen) atoms. The molecule has 1 aliphatic carbocycles. The number of primary amides is 1. The summed E-state index contributed by atoms with van der Waals surface area (Å²) in [7, 11) is 0. The number of benzene rings is 2. The van der Waals surface area contributed by atoms with E-state index >= 15 is 4.39 Å². The maximum absolute atomic E-state index is 15.0. The smallest absolute Gasteiger partial charge is 0.252 e. The Hall–Kier alpha value is -4.03. The Morgan fingerprint density at radius 2 is 1.89 bits per heavy atom. The fourth-order valence-corrected chi connectivity index (χ4v) is 5.28. The van der Waals surface area contributed by atoms with E-state index in [-0.39, 0.29) is 35.9 Å². The number of amides is 1. The van der Waals surface area contributed by atoms with E-state index in [1.54, 1.807) is 10.9 Å². The van der Waals surface area contributed by atoms with Crippen molar-refractivity contribution < 1.29 is 19.1 Å². The number of carbonyl (C=O) groups is 2. The first-order chi connectivity index (χ1) is 18.3. The minimum atomic E-state index is -0.659. The van der Waals surface area contributed by atoms with Crippen LogP contribution < -0.4 is 5.73 Å². The highest BCUT2D eigenvalue weighted by Crippen LogP contribution is 2.37. The van der Waals surface area contributed by atoms with Crippen molar-refractivity contribution in [2.45, 2.75) is 50.6 Å². The van der Waals surface area contributed by atoms with E-state index in [0.29, 0.717) is 49.3 Å². The van der Waals surface area contributed by atoms with Gasteiger partial charge in [-0.2, -0.15) is 10.4 Å². The first kappa shape index (κ1) is 25.6. The van der Waals surface area contributed by atoms with Gasteiger partial charge in [-0.05, 0) is 43.4 Å². The lowest BCUT2D eigenvalue weighted by atomic mass is 9.84. The number of phenolic OH excluding ortho intramolecular Hbond substituents is 1. The first-order valence-corrected chi connectivity index (χ1v) is 12.9. The van der Waals surface area contributed by atoms with Crippen LogP contribution in [0.1, 0.15) is 53.7 Å². The number of ketones is 1. The molecule has 0 radical (unpaired) electrons. The molecule has 8 nitrogen and oxygen atoms in total. The molecule has 0 atom stereocenters. The zero-order valence-corrected chi connectivity index (χ0v) is 21.1. The van der Waals surface area contributed by atoms with E-state index in [9.17, 15) is 20.0 Å². The molecule has 2 heterocycles. The molecule has 196 valence electrons. The quantitative estimate of drug-likeness (QED) is 0.445. The van der Waals surface area contributed by atoms with Crippen LogP contribution in [0.4, 0.5) is 4.39 Å². The third kappa shape index (κ3) is 5.18. The predicted octanol–water partition coefficient (Wildman–Crippen LogP) is 3.92. The fraction of sp³-hybridized carbons (Fsp3) is 0.379. The van der Waals surface area contributed by atoms with Gasteiger partial charge >= 0.3 is 0 Å². The average Bonchev–Trinajstić information content (AvgIpc) is 3.67. The summed E-state index contributed by atoms with van der Waals surface area (Å²) in [6, 6.07) is 14.3. The van der Waals surface area contributed by atoms with Crippen molar-refractivity contribution in [2.24, 2.45) is 11.7 Å². The van der Waals surface area contributed by atoms with E-state index in [4.69, 9.17) is 5.73 Å². The molecule has 3 aromatic rings. The molecule has 0 bridgehead atoms. The number of piperidine rings is 1. The summed E-state index contributed by atoms with van der Waals surface area (Å²) >= 11 is 0. The van der Waals surface area contributed by atoms with Crippen LogP contribution in [0, 0.1) is 23.1 Å². The number of nitriles is 1. The van der Waals surface area contributed by atoms with Crippen molar-refractivity contribution in [2.75, 3.05) is 13.1 Å². The number of carbonyl (C=O) groups excluding carboxylic acids is 2. The maximum Gasteiger partial charge on any atom is 0.252 e. The van der Waals surface area contributed by atoms with Gasteiger partial charge in [0.25, 0.3) is 5.91 Å². The largest absolute Gasteiger partial charge is 0.507 e. The van der Waals surface area contributed by atoms with Crippen LogP contribution in [0.5, 0.6) is 5.75 Å². The second-order valence-electron chi connectivity index (χ2n) is 10.4. The summed E-state index contributed by atoms with van der Waals surface area (Å²) < 4.78 is 16.7. The molecule has 2 aromatic carbocycles. The molecule has 9 heteroatoms. The lowest BCUT2D eigenvalue weighted by Gasteiger charge is -2.41. The van der Waals surface area contributed by atoms with Gasteiger partial charge in [-0.1, -0.05) is 30.3 Å². The van der Waals surface area contributed by atoms with Gasteiger partial charge in [0.15, 0.2) is 0 Å². The van der Waals surface area contributed by atoms with E-state index in [1.165, 1.54) is 12.1 Å². The van der Waals surface area contributed by atoms with Gasteiger partial charge in [-0.25, -0.2) is 4.39 Å². The van der Waals surface area contributed by atoms with Crippen molar-refractivity contribution in [3.8, 4) is 22.9 Å². The van der Waals surface area contributed by atoms with E-state index in [1.807, 2.05) is 30.3 Å². The number of aromatic hydroxyl groups is 1. The number of aromatic nitrogens is 2. The second-order valence-corrected chi connectivity index (χ2v) is 10.4. The van der Waals surface area contributed by atoms with Crippen LogP contribution in [-0.4, -0.2) is 44.6 Å². The SMILES string of the molecule is N#CCC1(n2cc(C(N)=O)c(CC(=O)C3CC3)n2)CCN(Cc2cc(O)c(-c3ccccc3)cc2F)CC1. The number of nitrogens with two attached hydrogens (primary N) is 1. The van der Waals surface area contributed by atoms with Gasteiger partial charge in [0.05, 0.1) is 35.7 Å². The number of hydrogen-bond donors (Lipinski definition) is 2. The third-order valence-electron chi connectivity index (χ3n) is 7.75. The highest BCUT2D eigenvalue weighted by molar-refractivity contribution is 5.95. The second kappa shape index (κ2) is 10.4. The van der Waals surface area contributed by atoms with Crippen LogP contribution in [0.2, 0.25) is 0 Å². The zero-order chi connectivity index (χ0) is 26.9. The summed E-state index contributed by atoms with van der Waals surface area (Å²) in [5.74, 6) is -0.913. The Labute approximate surface area is 220 Å². The summed E-state index contributed by atoms with van der Waals surface area (Å²) in [5, 5.41) is 24.8. The molecule has 1 saturated carbocycles. The van der Waals surface area contributed by atoms with Gasteiger partial charge in [-0.15, -0.1) is 0 Å². The number of rotatable bonds is 9. The van der Waals surface area contributed by atoms with E-state index in [0.717, 1.165) is 18.4 Å². The molecule has 2 aliphatic rings. The van der Waals surface area contributed by atoms with Gasteiger partial charge in [0.1, 0.15) is 17.3 Å². The fourth-order valence-electron chi connectivity index (χ4n) is 5.28. The van der Waals surface area contributed by atoms with E-state index < -0.39 is 17.3 Å². The van der Waals surface area contributed by atoms with Gasteiger partial charge in [-0.3, -0.25) is 19.2 Å². The molecular weight excluding hydrogens is 485 g/mol. The lowest BCUT2D eigenvalue weighted by molar-refractivity contribution is -0.119. The minimum Gasteiger partial charge on any atom is -0.507 e. The van der Waals surface area contributed by atoms with Crippen molar-refractivity contribution in [1.29, 1.82) is 5.26 Å². The lowest BCUT2D eigenvalue weighted by Crippen LogP contribution is -2.46. The highest BCUT2D eigenvalue weighted by atomic mass is 19.1. The molecule has 1 amide bonds. The predicted molar refractivity (Wildman–Crippen MR) is 138 cm³/mol. The molecule has 2 fully saturated rings. The van der Waals surface area contributed by atoms with Crippen LogP contribution in [-0.2, 0) is 23.3 Å². The molecule has 3 N–H and O–H groups in total. The van der Waals surface area contributed by atoms with Crippen LogP contribution in [0.3, 0.4) is 0 Å². The van der Waals surface area contributed by atoms with Crippen LogP contribution in [0.25, 0.3) is 11.1 Å². The van der Waals surface area contributed by atoms with Gasteiger partial charge < -0.3 is 10.8 Å². The Kier molecular flexibility index (Phi) is 7.00. The van der Waals surface area contributed by atoms with Crippen LogP contribution in [0.15, 0.2) is 48.7 Å². The maximum atomic E-state index is 15.0. The summed E-state index contributed by atoms with van der Waals surface area (Å²) in [4.78, 5) is 26.6. The number of likely N-dealkylation sites (tertiary alicyclic amines) is 1. The molecular formula is C29H30FN5O3. The Balaban J connectivity index is 1.32. The number of hydrogen-bond acceptors (Lipinski definition) is 6. The molecule has 0 unspecified atom stereocenters. The highest BCUT2D eigenvalue weighted by Gasteiger charge is 2.39. The van der Waals surface area contributed by atoms with Crippen molar-refractivity contribution >= 4 is 11.7 Å². The topological polar surface area (TPSA) is 125 Å². The molecule has 1 aliphatic heterocycles. The molecule has 1 saturated heterocycles. The molecule has 5 rings (SSSR count). The van der Waals surface area contributed by atoms with Crippen molar-refractivity contribution in [3.63, 3.8) is 0 Å². The number of Topliss-reactive ketones (excluding diaryl/α,β-unsaturated/α-hetero) is 1.